The van der Waals surface area contributed by atoms with Gasteiger partial charge in [-0.25, -0.2) is 12.8 Å². The molecule has 0 atom stereocenters. The molecular formula is C14H13ClFNO3S. The molecule has 0 saturated heterocycles. The summed E-state index contributed by atoms with van der Waals surface area (Å²) in [6.45, 7) is 2.20. The van der Waals surface area contributed by atoms with Crippen molar-refractivity contribution in [3.63, 3.8) is 0 Å². The minimum Gasteiger partial charge on any atom is -0.492 e. The number of nitrogens with one attached hydrogen (secondary N) is 1. The average Bonchev–Trinajstić information content (AvgIpc) is 2.44. The zero-order valence-electron chi connectivity index (χ0n) is 11.1. The van der Waals surface area contributed by atoms with Gasteiger partial charge in [0.15, 0.2) is 0 Å². The molecule has 0 aliphatic carbocycles. The molecule has 0 unspecified atom stereocenters. The summed E-state index contributed by atoms with van der Waals surface area (Å²) >= 11 is 5.61. The number of para-hydroxylation sites is 2. The lowest BCUT2D eigenvalue weighted by Gasteiger charge is -2.12. The molecule has 21 heavy (non-hydrogen) atoms. The first-order chi connectivity index (χ1) is 9.94. The van der Waals surface area contributed by atoms with Crippen LogP contribution in [0.25, 0.3) is 0 Å². The van der Waals surface area contributed by atoms with Crippen LogP contribution in [0.2, 0.25) is 5.02 Å². The molecule has 0 heterocycles. The SMILES string of the molecule is CCOc1ccccc1NS(=O)(=O)c1ccc(F)c(Cl)c1. The Morgan fingerprint density at radius 3 is 2.62 bits per heavy atom. The number of rotatable bonds is 5. The lowest BCUT2D eigenvalue weighted by Crippen LogP contribution is -2.14. The van der Waals surface area contributed by atoms with E-state index in [-0.39, 0.29) is 9.92 Å². The Kier molecular flexibility index (Phi) is 4.69. The summed E-state index contributed by atoms with van der Waals surface area (Å²) in [6.07, 6.45) is 0. The highest BCUT2D eigenvalue weighted by Gasteiger charge is 2.17. The molecule has 0 aliphatic rings. The minimum absolute atomic E-state index is 0.125. The number of hydrogen-bond donors (Lipinski definition) is 1. The predicted molar refractivity (Wildman–Crippen MR) is 79.8 cm³/mol. The molecule has 0 aliphatic heterocycles. The van der Waals surface area contributed by atoms with E-state index in [0.717, 1.165) is 18.2 Å². The third-order valence-electron chi connectivity index (χ3n) is 2.63. The molecule has 7 heteroatoms. The van der Waals surface area contributed by atoms with Crippen molar-refractivity contribution >= 4 is 27.3 Å². The maximum absolute atomic E-state index is 13.1. The Hall–Kier alpha value is -1.79. The Morgan fingerprint density at radius 1 is 1.24 bits per heavy atom. The van der Waals surface area contributed by atoms with Gasteiger partial charge in [-0.1, -0.05) is 23.7 Å². The van der Waals surface area contributed by atoms with Crippen LogP contribution < -0.4 is 9.46 Å². The van der Waals surface area contributed by atoms with Gasteiger partial charge in [-0.05, 0) is 37.3 Å². The predicted octanol–water partition coefficient (Wildman–Crippen LogP) is 3.68. The fourth-order valence-corrected chi connectivity index (χ4v) is 3.02. The van der Waals surface area contributed by atoms with E-state index < -0.39 is 15.8 Å². The summed E-state index contributed by atoms with van der Waals surface area (Å²) in [6, 6.07) is 9.85. The lowest BCUT2D eigenvalue weighted by atomic mass is 10.3. The molecule has 2 aromatic carbocycles. The number of benzene rings is 2. The summed E-state index contributed by atoms with van der Waals surface area (Å²) < 4.78 is 45.4. The van der Waals surface area contributed by atoms with Gasteiger partial charge < -0.3 is 4.74 Å². The smallest absolute Gasteiger partial charge is 0.262 e. The molecule has 0 spiro atoms. The van der Waals surface area contributed by atoms with Crippen molar-refractivity contribution in [1.82, 2.24) is 0 Å². The molecule has 0 bridgehead atoms. The summed E-state index contributed by atoms with van der Waals surface area (Å²) in [4.78, 5) is -0.125. The second-order valence-electron chi connectivity index (χ2n) is 4.11. The highest BCUT2D eigenvalue weighted by molar-refractivity contribution is 7.92. The van der Waals surface area contributed by atoms with Gasteiger partial charge in [0.25, 0.3) is 10.0 Å². The fourth-order valence-electron chi connectivity index (χ4n) is 1.68. The zero-order chi connectivity index (χ0) is 15.5. The summed E-state index contributed by atoms with van der Waals surface area (Å²) in [5.41, 5.74) is 0.305. The van der Waals surface area contributed by atoms with Gasteiger partial charge in [0.2, 0.25) is 0 Å². The molecule has 2 aromatic rings. The van der Waals surface area contributed by atoms with Crippen LogP contribution in [0.1, 0.15) is 6.92 Å². The maximum Gasteiger partial charge on any atom is 0.262 e. The molecule has 0 amide bonds. The molecule has 0 radical (unpaired) electrons. The van der Waals surface area contributed by atoms with Crippen molar-refractivity contribution in [2.45, 2.75) is 11.8 Å². The van der Waals surface area contributed by atoms with Crippen LogP contribution in [0.3, 0.4) is 0 Å². The highest BCUT2D eigenvalue weighted by Crippen LogP contribution is 2.27. The Bertz CT molecular complexity index is 750. The van der Waals surface area contributed by atoms with Crippen molar-refractivity contribution < 1.29 is 17.5 Å². The van der Waals surface area contributed by atoms with Crippen molar-refractivity contribution in [3.05, 3.63) is 53.3 Å². The second kappa shape index (κ2) is 6.32. The van der Waals surface area contributed by atoms with Crippen LogP contribution >= 0.6 is 11.6 Å². The Balaban J connectivity index is 2.35. The Labute approximate surface area is 127 Å². The van der Waals surface area contributed by atoms with Crippen LogP contribution in [0.4, 0.5) is 10.1 Å². The van der Waals surface area contributed by atoms with E-state index in [9.17, 15) is 12.8 Å². The normalized spacial score (nSPS) is 11.2. The van der Waals surface area contributed by atoms with Crippen molar-refractivity contribution in [1.29, 1.82) is 0 Å². The third-order valence-corrected chi connectivity index (χ3v) is 4.29. The topological polar surface area (TPSA) is 55.4 Å². The fraction of sp³-hybridized carbons (Fsp3) is 0.143. The van der Waals surface area contributed by atoms with E-state index >= 15 is 0 Å². The van der Waals surface area contributed by atoms with Crippen LogP contribution in [-0.2, 0) is 10.0 Å². The standard InChI is InChI=1S/C14H13ClFNO3S/c1-2-20-14-6-4-3-5-13(14)17-21(18,19)10-7-8-12(16)11(15)9-10/h3-9,17H,2H2,1H3. The van der Waals surface area contributed by atoms with Gasteiger partial charge in [-0.2, -0.15) is 0 Å². The number of anilines is 1. The number of sulfonamides is 1. The minimum atomic E-state index is -3.87. The van der Waals surface area contributed by atoms with E-state index in [1.165, 1.54) is 0 Å². The number of ether oxygens (including phenoxy) is 1. The zero-order valence-corrected chi connectivity index (χ0v) is 12.7. The quantitative estimate of drug-likeness (QED) is 0.910. The summed E-state index contributed by atoms with van der Waals surface area (Å²) in [5, 5.41) is -0.254. The highest BCUT2D eigenvalue weighted by atomic mass is 35.5. The molecule has 0 fully saturated rings. The maximum atomic E-state index is 13.1. The van der Waals surface area contributed by atoms with Gasteiger partial charge in [0.05, 0.1) is 22.2 Å². The van der Waals surface area contributed by atoms with Gasteiger partial charge in [-0.15, -0.1) is 0 Å². The number of hydrogen-bond acceptors (Lipinski definition) is 3. The van der Waals surface area contributed by atoms with Crippen molar-refractivity contribution in [2.24, 2.45) is 0 Å². The molecule has 4 nitrogen and oxygen atoms in total. The Morgan fingerprint density at radius 2 is 1.95 bits per heavy atom. The first-order valence-corrected chi connectivity index (χ1v) is 8.00. The van der Waals surface area contributed by atoms with Gasteiger partial charge >= 0.3 is 0 Å². The van der Waals surface area contributed by atoms with Crippen molar-refractivity contribution in [3.8, 4) is 5.75 Å². The molecule has 0 saturated carbocycles. The van der Waals surface area contributed by atoms with Crippen LogP contribution in [0.5, 0.6) is 5.75 Å². The largest absolute Gasteiger partial charge is 0.492 e. The van der Waals surface area contributed by atoms with E-state index in [4.69, 9.17) is 16.3 Å². The molecule has 0 aromatic heterocycles. The van der Waals surface area contributed by atoms with Gasteiger partial charge in [0.1, 0.15) is 11.6 Å². The first-order valence-electron chi connectivity index (χ1n) is 6.13. The van der Waals surface area contributed by atoms with Crippen LogP contribution in [0.15, 0.2) is 47.4 Å². The van der Waals surface area contributed by atoms with E-state index in [1.807, 2.05) is 0 Å². The summed E-state index contributed by atoms with van der Waals surface area (Å²) in [5.74, 6) is -0.262. The average molecular weight is 330 g/mol. The lowest BCUT2D eigenvalue weighted by molar-refractivity contribution is 0.342. The van der Waals surface area contributed by atoms with E-state index in [0.29, 0.717) is 18.0 Å². The van der Waals surface area contributed by atoms with Crippen molar-refractivity contribution in [2.75, 3.05) is 11.3 Å². The molecular weight excluding hydrogens is 317 g/mol. The monoisotopic (exact) mass is 329 g/mol. The third kappa shape index (κ3) is 3.65. The number of halogens is 2. The van der Waals surface area contributed by atoms with Crippen LogP contribution in [0, 0.1) is 5.82 Å². The van der Waals surface area contributed by atoms with Gasteiger partial charge in [0, 0.05) is 0 Å². The molecule has 1 N–H and O–H groups in total. The summed E-state index contributed by atoms with van der Waals surface area (Å²) in [7, 11) is -3.87. The molecule has 2 rings (SSSR count). The second-order valence-corrected chi connectivity index (χ2v) is 6.20. The van der Waals surface area contributed by atoms with Gasteiger partial charge in [-0.3, -0.25) is 4.72 Å². The van der Waals surface area contributed by atoms with E-state index in [2.05, 4.69) is 4.72 Å². The van der Waals surface area contributed by atoms with Crippen LogP contribution in [-0.4, -0.2) is 15.0 Å². The first kappa shape index (κ1) is 15.6. The molecule has 112 valence electrons. The van der Waals surface area contributed by atoms with E-state index in [1.54, 1.807) is 31.2 Å².